The number of urea groups is 1. The van der Waals surface area contributed by atoms with Crippen LogP contribution in [0.2, 0.25) is 0 Å². The lowest BCUT2D eigenvalue weighted by atomic mass is 9.79. The van der Waals surface area contributed by atoms with Crippen LogP contribution >= 0.6 is 0 Å². The van der Waals surface area contributed by atoms with E-state index in [1.165, 1.54) is 12.1 Å². The molecule has 160 valence electrons. The van der Waals surface area contributed by atoms with Crippen molar-refractivity contribution in [2.45, 2.75) is 33.2 Å². The number of amides is 3. The van der Waals surface area contributed by atoms with Gasteiger partial charge in [-0.25, -0.2) is 9.18 Å². The van der Waals surface area contributed by atoms with Gasteiger partial charge in [0, 0.05) is 30.7 Å². The van der Waals surface area contributed by atoms with Crippen LogP contribution in [0.25, 0.3) is 0 Å². The summed E-state index contributed by atoms with van der Waals surface area (Å²) < 4.78 is 18.4. The Bertz CT molecular complexity index is 860. The van der Waals surface area contributed by atoms with Gasteiger partial charge in [-0.2, -0.15) is 0 Å². The van der Waals surface area contributed by atoms with Crippen molar-refractivity contribution in [3.8, 4) is 5.75 Å². The molecule has 1 fully saturated rings. The van der Waals surface area contributed by atoms with Crippen LogP contribution in [0.4, 0.5) is 14.9 Å². The van der Waals surface area contributed by atoms with Crippen LogP contribution < -0.4 is 15.4 Å². The highest BCUT2D eigenvalue weighted by molar-refractivity contribution is 5.90. The second kappa shape index (κ2) is 9.61. The van der Waals surface area contributed by atoms with Crippen molar-refractivity contribution in [3.05, 3.63) is 59.9 Å². The molecule has 1 saturated heterocycles. The zero-order valence-electron chi connectivity index (χ0n) is 17.4. The van der Waals surface area contributed by atoms with E-state index >= 15 is 0 Å². The molecular weight excluding hydrogens is 385 g/mol. The highest BCUT2D eigenvalue weighted by Crippen LogP contribution is 2.31. The summed E-state index contributed by atoms with van der Waals surface area (Å²) >= 11 is 0. The van der Waals surface area contributed by atoms with Gasteiger partial charge in [0.1, 0.15) is 11.6 Å². The molecule has 3 amide bonds. The van der Waals surface area contributed by atoms with Gasteiger partial charge in [-0.05, 0) is 61.7 Å². The SMILES string of the molecule is CCOc1ccc(NC(=O)N2CCC(C)(C(=O)NCc3ccc(F)cc3)CC2)cc1. The van der Waals surface area contributed by atoms with E-state index in [1.54, 1.807) is 29.2 Å². The molecule has 0 atom stereocenters. The zero-order chi connectivity index (χ0) is 21.6. The average Bonchev–Trinajstić information content (AvgIpc) is 2.75. The molecule has 0 bridgehead atoms. The van der Waals surface area contributed by atoms with Crippen LogP contribution in [0.5, 0.6) is 5.75 Å². The summed E-state index contributed by atoms with van der Waals surface area (Å²) in [5.74, 6) is 0.419. The summed E-state index contributed by atoms with van der Waals surface area (Å²) in [6.45, 7) is 5.80. The molecule has 0 aliphatic carbocycles. The van der Waals surface area contributed by atoms with Gasteiger partial charge >= 0.3 is 6.03 Å². The number of rotatable bonds is 6. The number of carbonyl (C=O) groups excluding carboxylic acids is 2. The van der Waals surface area contributed by atoms with Crippen molar-refractivity contribution < 1.29 is 18.7 Å². The number of halogens is 1. The molecule has 0 saturated carbocycles. The molecule has 0 aromatic heterocycles. The van der Waals surface area contributed by atoms with E-state index in [1.807, 2.05) is 26.0 Å². The topological polar surface area (TPSA) is 70.7 Å². The number of anilines is 1. The Balaban J connectivity index is 1.48. The number of likely N-dealkylation sites (tertiary alicyclic amines) is 1. The van der Waals surface area contributed by atoms with Gasteiger partial charge in [-0.15, -0.1) is 0 Å². The number of hydrogen-bond acceptors (Lipinski definition) is 3. The molecule has 6 nitrogen and oxygen atoms in total. The van der Waals surface area contributed by atoms with Crippen molar-refractivity contribution in [2.75, 3.05) is 25.0 Å². The Morgan fingerprint density at radius 3 is 2.30 bits per heavy atom. The number of nitrogens with one attached hydrogen (secondary N) is 2. The highest BCUT2D eigenvalue weighted by atomic mass is 19.1. The van der Waals surface area contributed by atoms with Crippen LogP contribution in [0.15, 0.2) is 48.5 Å². The van der Waals surface area contributed by atoms with E-state index in [-0.39, 0.29) is 17.8 Å². The first-order chi connectivity index (χ1) is 14.4. The fourth-order valence-electron chi connectivity index (χ4n) is 3.43. The van der Waals surface area contributed by atoms with Crippen molar-refractivity contribution in [1.29, 1.82) is 0 Å². The number of benzene rings is 2. The Morgan fingerprint density at radius 2 is 1.70 bits per heavy atom. The lowest BCUT2D eigenvalue weighted by Gasteiger charge is -2.38. The first-order valence-electron chi connectivity index (χ1n) is 10.2. The molecule has 7 heteroatoms. The zero-order valence-corrected chi connectivity index (χ0v) is 17.4. The smallest absolute Gasteiger partial charge is 0.321 e. The number of nitrogens with zero attached hydrogens (tertiary/aromatic N) is 1. The third-order valence-corrected chi connectivity index (χ3v) is 5.49. The first-order valence-corrected chi connectivity index (χ1v) is 10.2. The van der Waals surface area contributed by atoms with Gasteiger partial charge in [0.25, 0.3) is 0 Å². The van der Waals surface area contributed by atoms with E-state index in [9.17, 15) is 14.0 Å². The minimum absolute atomic E-state index is 0.0432. The lowest BCUT2D eigenvalue weighted by molar-refractivity contribution is -0.132. The third kappa shape index (κ3) is 5.49. The summed E-state index contributed by atoms with van der Waals surface area (Å²) in [7, 11) is 0. The fraction of sp³-hybridized carbons (Fsp3) is 0.391. The molecule has 0 spiro atoms. The molecular formula is C23H28FN3O3. The molecule has 1 aliphatic heterocycles. The summed E-state index contributed by atoms with van der Waals surface area (Å²) in [5.41, 5.74) is 1.02. The molecule has 30 heavy (non-hydrogen) atoms. The summed E-state index contributed by atoms with van der Waals surface area (Å²) in [6, 6.07) is 13.1. The predicted octanol–water partition coefficient (Wildman–Crippen LogP) is 4.17. The van der Waals surface area contributed by atoms with Gasteiger partial charge in [0.15, 0.2) is 0 Å². The Hall–Kier alpha value is -3.09. The van der Waals surface area contributed by atoms with Crippen LogP contribution in [-0.2, 0) is 11.3 Å². The summed E-state index contributed by atoms with van der Waals surface area (Å²) in [5, 5.41) is 5.82. The van der Waals surface area contributed by atoms with E-state index < -0.39 is 5.41 Å². The number of carbonyl (C=O) groups is 2. The maximum absolute atomic E-state index is 13.0. The van der Waals surface area contributed by atoms with Gasteiger partial charge < -0.3 is 20.3 Å². The van der Waals surface area contributed by atoms with Gasteiger partial charge in [0.05, 0.1) is 6.61 Å². The van der Waals surface area contributed by atoms with E-state index in [2.05, 4.69) is 10.6 Å². The Labute approximate surface area is 176 Å². The van der Waals surface area contributed by atoms with Crippen molar-refractivity contribution >= 4 is 17.6 Å². The van der Waals surface area contributed by atoms with Crippen LogP contribution in [0.3, 0.4) is 0 Å². The van der Waals surface area contributed by atoms with Crippen molar-refractivity contribution in [2.24, 2.45) is 5.41 Å². The molecule has 0 unspecified atom stereocenters. The van der Waals surface area contributed by atoms with Gasteiger partial charge in [0.2, 0.25) is 5.91 Å². The van der Waals surface area contributed by atoms with Crippen LogP contribution in [0.1, 0.15) is 32.3 Å². The maximum atomic E-state index is 13.0. The monoisotopic (exact) mass is 413 g/mol. The van der Waals surface area contributed by atoms with Gasteiger partial charge in [-0.1, -0.05) is 19.1 Å². The predicted molar refractivity (Wildman–Crippen MR) is 114 cm³/mol. The third-order valence-electron chi connectivity index (χ3n) is 5.49. The normalized spacial score (nSPS) is 15.4. The number of hydrogen-bond donors (Lipinski definition) is 2. The Morgan fingerprint density at radius 1 is 1.07 bits per heavy atom. The minimum Gasteiger partial charge on any atom is -0.494 e. The van der Waals surface area contributed by atoms with Crippen LogP contribution in [-0.4, -0.2) is 36.5 Å². The molecule has 3 rings (SSSR count). The highest BCUT2D eigenvalue weighted by Gasteiger charge is 2.37. The maximum Gasteiger partial charge on any atom is 0.321 e. The summed E-state index contributed by atoms with van der Waals surface area (Å²) in [4.78, 5) is 27.0. The molecule has 0 radical (unpaired) electrons. The summed E-state index contributed by atoms with van der Waals surface area (Å²) in [6.07, 6.45) is 1.16. The molecule has 2 aromatic rings. The fourth-order valence-corrected chi connectivity index (χ4v) is 3.43. The van der Waals surface area contributed by atoms with E-state index in [0.717, 1.165) is 11.3 Å². The molecule has 2 aromatic carbocycles. The van der Waals surface area contributed by atoms with E-state index in [0.29, 0.717) is 44.8 Å². The van der Waals surface area contributed by atoms with E-state index in [4.69, 9.17) is 4.74 Å². The quantitative estimate of drug-likeness (QED) is 0.747. The minimum atomic E-state index is -0.532. The van der Waals surface area contributed by atoms with Crippen LogP contribution in [0, 0.1) is 11.2 Å². The lowest BCUT2D eigenvalue weighted by Crippen LogP contribution is -2.49. The second-order valence-corrected chi connectivity index (χ2v) is 7.74. The van der Waals surface area contributed by atoms with Crippen molar-refractivity contribution in [1.82, 2.24) is 10.2 Å². The first kappa shape index (κ1) is 21.6. The second-order valence-electron chi connectivity index (χ2n) is 7.74. The number of piperidine rings is 1. The van der Waals surface area contributed by atoms with Crippen molar-refractivity contribution in [3.63, 3.8) is 0 Å². The Kier molecular flexibility index (Phi) is 6.92. The molecule has 1 heterocycles. The number of ether oxygens (including phenoxy) is 1. The van der Waals surface area contributed by atoms with Gasteiger partial charge in [-0.3, -0.25) is 4.79 Å². The standard InChI is InChI=1S/C23H28FN3O3/c1-3-30-20-10-8-19(9-11-20)26-22(29)27-14-12-23(2,13-15-27)21(28)25-16-17-4-6-18(24)7-5-17/h4-11H,3,12-16H2,1-2H3,(H,25,28)(H,26,29). The molecule has 2 N–H and O–H groups in total. The molecule has 1 aliphatic rings. The average molecular weight is 413 g/mol. The largest absolute Gasteiger partial charge is 0.494 e.